The largest absolute Gasteiger partial charge is 0.327 e. The summed E-state index contributed by atoms with van der Waals surface area (Å²) in [6.45, 7) is 8.80. The molecule has 3 aliphatic carbocycles. The van der Waals surface area contributed by atoms with Crippen molar-refractivity contribution in [3.05, 3.63) is 12.2 Å². The Bertz CT molecular complexity index is 270. The van der Waals surface area contributed by atoms with Crippen LogP contribution in [0.25, 0.3) is 0 Å². The second kappa shape index (κ2) is 1.20. The third kappa shape index (κ3) is 0.384. The molecule has 0 radical (unpaired) electrons. The number of nitrogens with two attached hydrogens (primary N) is 1. The first-order valence-electron chi connectivity index (χ1n) is 4.47. The topological polar surface area (TPSA) is 26.0 Å². The molecule has 1 nitrogen and oxygen atoms in total. The third-order valence-corrected chi connectivity index (χ3v) is 4.80. The van der Waals surface area contributed by atoms with Crippen LogP contribution >= 0.6 is 0 Å². The van der Waals surface area contributed by atoms with E-state index in [9.17, 15) is 0 Å². The second-order valence-electron chi connectivity index (χ2n) is 5.12. The average molecular weight is 149 g/mol. The summed E-state index contributed by atoms with van der Waals surface area (Å²) in [5.74, 6) is 1.49. The fourth-order valence-corrected chi connectivity index (χ4v) is 3.66. The Hall–Kier alpha value is -0.300. The first kappa shape index (κ1) is 6.24. The van der Waals surface area contributed by atoms with Crippen LogP contribution < -0.4 is 5.73 Å². The van der Waals surface area contributed by atoms with Gasteiger partial charge < -0.3 is 5.73 Å². The lowest BCUT2D eigenvalue weighted by Gasteiger charge is -2.18. The minimum Gasteiger partial charge on any atom is -0.327 e. The highest BCUT2D eigenvalue weighted by Crippen LogP contribution is 2.85. The number of rotatable bonds is 0. The van der Waals surface area contributed by atoms with E-state index >= 15 is 0 Å². The summed E-state index contributed by atoms with van der Waals surface area (Å²) in [5, 5.41) is 0. The Labute approximate surface area is 67.7 Å². The van der Waals surface area contributed by atoms with Crippen LogP contribution in [-0.4, -0.2) is 6.04 Å². The lowest BCUT2D eigenvalue weighted by molar-refractivity contribution is 0.378. The molecule has 0 saturated heterocycles. The summed E-state index contributed by atoms with van der Waals surface area (Å²) in [6, 6.07) is 0.421. The maximum atomic E-state index is 6.15. The minimum atomic E-state index is 0.421. The molecule has 0 spiro atoms. The fraction of sp³-hybridized carbons (Fsp3) is 0.800. The summed E-state index contributed by atoms with van der Waals surface area (Å²) in [6.07, 6.45) is 1.33. The molecule has 0 bridgehead atoms. The van der Waals surface area contributed by atoms with Crippen molar-refractivity contribution < 1.29 is 0 Å². The van der Waals surface area contributed by atoms with Gasteiger partial charge in [0.15, 0.2) is 0 Å². The van der Waals surface area contributed by atoms with Gasteiger partial charge >= 0.3 is 0 Å². The third-order valence-electron chi connectivity index (χ3n) is 4.80. The predicted octanol–water partition coefficient (Wildman–Crippen LogP) is 1.55. The standard InChI is InChI=1S/C10H15N/c1-5-6-7(5)9(2)4-10(9,3)8(6)11/h6-8H,1,4,11H2,2-3H3/t6?,7?,8-,9?,10?/m1/s1. The SMILES string of the molecule is C=C1C2C1C1(C)CC1(C)[C@@H]2N. The molecule has 11 heavy (non-hydrogen) atoms. The maximum Gasteiger partial charge on any atom is 0.0171 e. The zero-order chi connectivity index (χ0) is 8.02. The van der Waals surface area contributed by atoms with Gasteiger partial charge in [-0.25, -0.2) is 0 Å². The molecule has 3 fully saturated rings. The molecule has 3 rings (SSSR count). The molecule has 0 aromatic rings. The van der Waals surface area contributed by atoms with Crippen LogP contribution in [0, 0.1) is 22.7 Å². The van der Waals surface area contributed by atoms with Gasteiger partial charge in [-0.15, -0.1) is 0 Å². The highest BCUT2D eigenvalue weighted by atomic mass is 14.9. The van der Waals surface area contributed by atoms with Gasteiger partial charge in [0.05, 0.1) is 0 Å². The van der Waals surface area contributed by atoms with E-state index in [1.54, 1.807) is 0 Å². The van der Waals surface area contributed by atoms with E-state index in [-0.39, 0.29) is 0 Å². The lowest BCUT2D eigenvalue weighted by Crippen LogP contribution is -2.31. The minimum absolute atomic E-state index is 0.421. The molecule has 0 heterocycles. The fourth-order valence-electron chi connectivity index (χ4n) is 3.66. The Morgan fingerprint density at radius 2 is 2.09 bits per heavy atom. The van der Waals surface area contributed by atoms with Gasteiger partial charge in [-0.05, 0) is 23.2 Å². The van der Waals surface area contributed by atoms with Crippen molar-refractivity contribution in [1.29, 1.82) is 0 Å². The summed E-state index contributed by atoms with van der Waals surface area (Å²) in [4.78, 5) is 0. The molecule has 0 amide bonds. The number of hydrogen-bond donors (Lipinski definition) is 1. The van der Waals surface area contributed by atoms with Crippen molar-refractivity contribution >= 4 is 0 Å². The predicted molar refractivity (Wildman–Crippen MR) is 44.9 cm³/mol. The van der Waals surface area contributed by atoms with E-state index < -0.39 is 0 Å². The molecule has 5 atom stereocenters. The van der Waals surface area contributed by atoms with Crippen LogP contribution in [0.4, 0.5) is 0 Å². The Kier molecular flexibility index (Phi) is 0.683. The average Bonchev–Trinajstić information content (AvgIpc) is 2.69. The van der Waals surface area contributed by atoms with Crippen molar-refractivity contribution in [2.45, 2.75) is 26.3 Å². The normalized spacial score (nSPS) is 70.8. The maximum absolute atomic E-state index is 6.15. The molecule has 4 unspecified atom stereocenters. The van der Waals surface area contributed by atoms with Crippen molar-refractivity contribution in [1.82, 2.24) is 0 Å². The van der Waals surface area contributed by atoms with E-state index in [1.165, 1.54) is 12.0 Å². The molecule has 3 saturated carbocycles. The molecule has 60 valence electrons. The highest BCUT2D eigenvalue weighted by molar-refractivity contribution is 5.46. The molecule has 0 aliphatic heterocycles. The molecule has 0 aromatic carbocycles. The summed E-state index contributed by atoms with van der Waals surface area (Å²) >= 11 is 0. The first-order valence-corrected chi connectivity index (χ1v) is 4.47. The summed E-state index contributed by atoms with van der Waals surface area (Å²) in [7, 11) is 0. The van der Waals surface area contributed by atoms with Crippen LogP contribution in [0.15, 0.2) is 12.2 Å². The van der Waals surface area contributed by atoms with Crippen LogP contribution in [0.2, 0.25) is 0 Å². The molecule has 3 aliphatic rings. The summed E-state index contributed by atoms with van der Waals surface area (Å²) in [5.41, 5.74) is 8.62. The Balaban J connectivity index is 2.09. The van der Waals surface area contributed by atoms with Gasteiger partial charge in [-0.3, -0.25) is 0 Å². The highest BCUT2D eigenvalue weighted by Gasteiger charge is 2.82. The quantitative estimate of drug-likeness (QED) is 0.519. The van der Waals surface area contributed by atoms with Crippen LogP contribution in [0.3, 0.4) is 0 Å². The van der Waals surface area contributed by atoms with Crippen molar-refractivity contribution in [2.75, 3.05) is 0 Å². The molecule has 1 heteroatoms. The van der Waals surface area contributed by atoms with Crippen LogP contribution in [0.5, 0.6) is 0 Å². The molecule has 2 N–H and O–H groups in total. The Morgan fingerprint density at radius 3 is 2.45 bits per heavy atom. The monoisotopic (exact) mass is 149 g/mol. The second-order valence-corrected chi connectivity index (χ2v) is 5.12. The van der Waals surface area contributed by atoms with Crippen LogP contribution in [-0.2, 0) is 0 Å². The van der Waals surface area contributed by atoms with Crippen molar-refractivity contribution in [2.24, 2.45) is 28.4 Å². The van der Waals surface area contributed by atoms with E-state index in [2.05, 4.69) is 20.4 Å². The van der Waals surface area contributed by atoms with Crippen LogP contribution in [0.1, 0.15) is 20.3 Å². The first-order chi connectivity index (χ1) is 5.02. The van der Waals surface area contributed by atoms with Gasteiger partial charge in [0.25, 0.3) is 0 Å². The Morgan fingerprint density at radius 1 is 1.45 bits per heavy atom. The summed E-state index contributed by atoms with van der Waals surface area (Å²) < 4.78 is 0. The van der Waals surface area contributed by atoms with E-state index in [0.29, 0.717) is 22.8 Å². The zero-order valence-corrected chi connectivity index (χ0v) is 7.22. The number of fused-ring (bicyclic) bond motifs is 3. The van der Waals surface area contributed by atoms with Gasteiger partial charge in [0, 0.05) is 12.0 Å². The number of hydrogen-bond acceptors (Lipinski definition) is 1. The lowest BCUT2D eigenvalue weighted by atomic mass is 9.91. The smallest absolute Gasteiger partial charge is 0.0171 e. The van der Waals surface area contributed by atoms with Crippen molar-refractivity contribution in [3.63, 3.8) is 0 Å². The van der Waals surface area contributed by atoms with Gasteiger partial charge in [-0.2, -0.15) is 0 Å². The van der Waals surface area contributed by atoms with Crippen molar-refractivity contribution in [3.8, 4) is 0 Å². The van der Waals surface area contributed by atoms with E-state index in [4.69, 9.17) is 5.73 Å². The van der Waals surface area contributed by atoms with Gasteiger partial charge in [0.2, 0.25) is 0 Å². The van der Waals surface area contributed by atoms with E-state index in [1.807, 2.05) is 0 Å². The van der Waals surface area contributed by atoms with Gasteiger partial charge in [0.1, 0.15) is 0 Å². The van der Waals surface area contributed by atoms with Gasteiger partial charge in [-0.1, -0.05) is 26.0 Å². The molecular formula is C10H15N. The van der Waals surface area contributed by atoms with E-state index in [0.717, 1.165) is 5.92 Å². The molecule has 0 aromatic heterocycles. The zero-order valence-electron chi connectivity index (χ0n) is 7.22. The molecular weight excluding hydrogens is 134 g/mol.